The number of nitrogens with two attached hydrogens (primary N) is 2. The summed E-state index contributed by atoms with van der Waals surface area (Å²) in [6, 6.07) is 14.9. The summed E-state index contributed by atoms with van der Waals surface area (Å²) in [5, 5.41) is 5.37. The van der Waals surface area contributed by atoms with Crippen molar-refractivity contribution >= 4 is 29.3 Å². The molecule has 4 rings (SSSR count). The van der Waals surface area contributed by atoms with Gasteiger partial charge in [0.1, 0.15) is 0 Å². The minimum atomic E-state index is -0.518. The second kappa shape index (κ2) is 16.7. The topological polar surface area (TPSA) is 169 Å². The highest BCUT2D eigenvalue weighted by Crippen LogP contribution is 2.20. The first-order valence-corrected chi connectivity index (χ1v) is 15.4. The highest BCUT2D eigenvalue weighted by molar-refractivity contribution is 5.98. The van der Waals surface area contributed by atoms with Gasteiger partial charge in [0.05, 0.1) is 12.1 Å². The van der Waals surface area contributed by atoms with Crippen LogP contribution < -0.4 is 32.6 Å². The number of piperazine rings is 1. The molecule has 2 heterocycles. The molecule has 1 aliphatic heterocycles. The highest BCUT2D eigenvalue weighted by atomic mass is 16.2. The molecule has 1 fully saturated rings. The Morgan fingerprint density at radius 3 is 2.13 bits per heavy atom. The lowest BCUT2D eigenvalue weighted by molar-refractivity contribution is -0.129. The Bertz CT molecular complexity index is 1430. The van der Waals surface area contributed by atoms with E-state index in [9.17, 15) is 14.4 Å². The molecule has 1 saturated heterocycles. The molecule has 0 atom stereocenters. The van der Waals surface area contributed by atoms with E-state index >= 15 is 0 Å². The zero-order chi connectivity index (χ0) is 32.2. The van der Waals surface area contributed by atoms with Gasteiger partial charge in [0.25, 0.3) is 5.56 Å². The van der Waals surface area contributed by atoms with Gasteiger partial charge in [0.2, 0.25) is 11.9 Å². The molecule has 3 amide bonds. The number of anilines is 3. The fourth-order valence-electron chi connectivity index (χ4n) is 5.14. The third-order valence-corrected chi connectivity index (χ3v) is 7.78. The molecule has 0 radical (unpaired) electrons. The molecule has 7 N–H and O–H groups in total. The molecule has 3 aromatic rings. The molecule has 13 nitrogen and oxygen atoms in total. The number of H-pyrrole nitrogens is 1. The molecule has 0 unspecified atom stereocenters. The molecular weight excluding hydrogens is 572 g/mol. The molecule has 0 bridgehead atoms. The first kappa shape index (κ1) is 33.6. The smallest absolute Gasteiger partial charge is 0.326 e. The van der Waals surface area contributed by atoms with Gasteiger partial charge < -0.3 is 31.6 Å². The minimum Gasteiger partial charge on any atom is -0.369 e. The molecule has 242 valence electrons. The van der Waals surface area contributed by atoms with Crippen LogP contribution in [0.4, 0.5) is 22.1 Å². The van der Waals surface area contributed by atoms with Crippen LogP contribution in [0.1, 0.15) is 18.4 Å². The van der Waals surface area contributed by atoms with E-state index in [0.717, 1.165) is 75.5 Å². The summed E-state index contributed by atoms with van der Waals surface area (Å²) >= 11 is 0. The van der Waals surface area contributed by atoms with Crippen molar-refractivity contribution in [1.29, 1.82) is 0 Å². The number of aromatic nitrogens is 2. The lowest BCUT2D eigenvalue weighted by Gasteiger charge is -2.36. The van der Waals surface area contributed by atoms with Crippen LogP contribution in [-0.2, 0) is 11.3 Å². The number of benzene rings is 2. The van der Waals surface area contributed by atoms with Crippen LogP contribution in [0.5, 0.6) is 0 Å². The highest BCUT2D eigenvalue weighted by Gasteiger charge is 2.20. The summed E-state index contributed by atoms with van der Waals surface area (Å²) in [7, 11) is 3.54. The minimum absolute atomic E-state index is 0.0514. The Labute approximate surface area is 264 Å². The van der Waals surface area contributed by atoms with Crippen molar-refractivity contribution in [3.63, 3.8) is 0 Å². The van der Waals surface area contributed by atoms with Crippen LogP contribution in [0.15, 0.2) is 59.5 Å². The Kier molecular flexibility index (Phi) is 12.5. The standard InChI is InChI=1S/C32H46N10O3/c1-39(2)29(43)23-41-17-19-42(20-18-41)27-11-9-26(10-12-27)36-32(45)38-31-35-21-28(30(44)37-31)25-7-5-24(6-8-25)22-40(15-3-13-33)16-4-14-34/h5-12,21H,3-4,13-20,22-23,33-34H2,1-2H3,(H3,35,36,37,38,44,45). The van der Waals surface area contributed by atoms with E-state index in [2.05, 4.69) is 35.3 Å². The van der Waals surface area contributed by atoms with Gasteiger partial charge in [-0.05, 0) is 74.4 Å². The van der Waals surface area contributed by atoms with Crippen molar-refractivity contribution in [2.75, 3.05) is 88.5 Å². The van der Waals surface area contributed by atoms with E-state index in [1.165, 1.54) is 0 Å². The van der Waals surface area contributed by atoms with Crippen molar-refractivity contribution in [3.05, 3.63) is 70.6 Å². The number of hydrogen-bond acceptors (Lipinski definition) is 9. The van der Waals surface area contributed by atoms with E-state index in [0.29, 0.717) is 30.9 Å². The normalized spacial score (nSPS) is 13.6. The van der Waals surface area contributed by atoms with Crippen LogP contribution in [0.3, 0.4) is 0 Å². The van der Waals surface area contributed by atoms with Gasteiger partial charge in [-0.1, -0.05) is 24.3 Å². The second-order valence-corrected chi connectivity index (χ2v) is 11.4. The number of hydrogen-bond donors (Lipinski definition) is 5. The second-order valence-electron chi connectivity index (χ2n) is 11.4. The molecule has 0 spiro atoms. The number of rotatable bonds is 14. The van der Waals surface area contributed by atoms with Crippen LogP contribution in [0.25, 0.3) is 11.1 Å². The van der Waals surface area contributed by atoms with E-state index in [4.69, 9.17) is 11.5 Å². The van der Waals surface area contributed by atoms with Gasteiger partial charge in [-0.3, -0.25) is 24.7 Å². The maximum Gasteiger partial charge on any atom is 0.326 e. The third kappa shape index (κ3) is 10.1. The Balaban J connectivity index is 1.27. The Hall–Kier alpha value is -4.30. The van der Waals surface area contributed by atoms with E-state index < -0.39 is 11.6 Å². The van der Waals surface area contributed by atoms with Gasteiger partial charge in [-0.25, -0.2) is 4.79 Å². The average molecular weight is 619 g/mol. The maximum absolute atomic E-state index is 12.8. The SMILES string of the molecule is CN(C)C(=O)CN1CCN(c2ccc(NC(=O)Nc3nc(=O)c(-c4ccc(CN(CCCN)CCCN)cc4)c[nH]3)cc2)CC1. The van der Waals surface area contributed by atoms with Crippen molar-refractivity contribution in [3.8, 4) is 11.1 Å². The summed E-state index contributed by atoms with van der Waals surface area (Å²) in [6.07, 6.45) is 3.41. The van der Waals surface area contributed by atoms with Crippen molar-refractivity contribution in [2.24, 2.45) is 11.5 Å². The largest absolute Gasteiger partial charge is 0.369 e. The van der Waals surface area contributed by atoms with Crippen LogP contribution >= 0.6 is 0 Å². The summed E-state index contributed by atoms with van der Waals surface area (Å²) in [5.74, 6) is 0.157. The number of nitrogens with one attached hydrogen (secondary N) is 3. The summed E-state index contributed by atoms with van der Waals surface area (Å²) in [5.41, 5.74) is 14.9. The van der Waals surface area contributed by atoms with Crippen LogP contribution in [-0.4, -0.2) is 110 Å². The fourth-order valence-corrected chi connectivity index (χ4v) is 5.14. The number of likely N-dealkylation sites (N-methyl/N-ethyl adjacent to an activating group) is 1. The van der Waals surface area contributed by atoms with Gasteiger partial charge in [-0.2, -0.15) is 4.98 Å². The summed E-state index contributed by atoms with van der Waals surface area (Å²) < 4.78 is 0. The molecule has 2 aromatic carbocycles. The van der Waals surface area contributed by atoms with E-state index in [1.54, 1.807) is 25.2 Å². The summed E-state index contributed by atoms with van der Waals surface area (Å²) in [4.78, 5) is 52.7. The van der Waals surface area contributed by atoms with Gasteiger partial charge in [-0.15, -0.1) is 0 Å². The molecule has 1 aliphatic rings. The van der Waals surface area contributed by atoms with Gasteiger partial charge in [0.15, 0.2) is 0 Å². The third-order valence-electron chi connectivity index (χ3n) is 7.78. The average Bonchev–Trinajstić information content (AvgIpc) is 3.03. The maximum atomic E-state index is 12.8. The number of urea groups is 1. The number of carbonyl (C=O) groups excluding carboxylic acids is 2. The lowest BCUT2D eigenvalue weighted by Crippen LogP contribution is -2.49. The van der Waals surface area contributed by atoms with Crippen molar-refractivity contribution in [2.45, 2.75) is 19.4 Å². The quantitative estimate of drug-likeness (QED) is 0.181. The first-order chi connectivity index (χ1) is 21.7. The number of nitrogens with zero attached hydrogens (tertiary/aromatic N) is 5. The fraction of sp³-hybridized carbons (Fsp3) is 0.438. The Morgan fingerprint density at radius 1 is 0.911 bits per heavy atom. The number of carbonyl (C=O) groups is 2. The monoisotopic (exact) mass is 618 g/mol. The molecule has 45 heavy (non-hydrogen) atoms. The number of amides is 3. The summed E-state index contributed by atoms with van der Waals surface area (Å²) in [6.45, 7) is 7.58. The van der Waals surface area contributed by atoms with Crippen molar-refractivity contribution < 1.29 is 9.59 Å². The zero-order valence-electron chi connectivity index (χ0n) is 26.3. The molecule has 13 heteroatoms. The predicted molar refractivity (Wildman–Crippen MR) is 179 cm³/mol. The van der Waals surface area contributed by atoms with Crippen LogP contribution in [0, 0.1) is 0 Å². The van der Waals surface area contributed by atoms with Gasteiger partial charge in [0, 0.05) is 64.4 Å². The number of aromatic amines is 1. The molecule has 1 aromatic heterocycles. The first-order valence-electron chi connectivity index (χ1n) is 15.4. The predicted octanol–water partition coefficient (Wildman–Crippen LogP) is 1.79. The Morgan fingerprint density at radius 2 is 1.56 bits per heavy atom. The van der Waals surface area contributed by atoms with E-state index in [1.807, 2.05) is 48.5 Å². The molecular formula is C32H46N10O3. The molecule has 0 aliphatic carbocycles. The van der Waals surface area contributed by atoms with Gasteiger partial charge >= 0.3 is 6.03 Å². The van der Waals surface area contributed by atoms with Crippen molar-refractivity contribution in [1.82, 2.24) is 24.7 Å². The van der Waals surface area contributed by atoms with E-state index in [-0.39, 0.29) is 11.9 Å². The van der Waals surface area contributed by atoms with Crippen LogP contribution in [0.2, 0.25) is 0 Å². The zero-order valence-corrected chi connectivity index (χ0v) is 26.3. The molecule has 0 saturated carbocycles. The lowest BCUT2D eigenvalue weighted by atomic mass is 10.1.